The first-order valence-electron chi connectivity index (χ1n) is 11.1. The Morgan fingerprint density at radius 2 is 1.29 bits per heavy atom. The molecule has 0 aliphatic rings. The van der Waals surface area contributed by atoms with Crippen LogP contribution in [0.1, 0.15) is 55.7 Å². The standard InChI is InChI=1S/C26H30F2N2O/c1-2-3-4-5-6-7-22-18-29-25(30-19-22)23-14-10-20(11-15-23)8-9-21-12-16-24(17-13-21)31-26(27)28/h10-19,26H,2-9H2,1H3. The van der Waals surface area contributed by atoms with Gasteiger partial charge in [0, 0.05) is 18.0 Å². The molecule has 0 saturated heterocycles. The van der Waals surface area contributed by atoms with Crippen molar-refractivity contribution in [1.82, 2.24) is 9.97 Å². The van der Waals surface area contributed by atoms with Crippen LogP contribution in [0.3, 0.4) is 0 Å². The van der Waals surface area contributed by atoms with E-state index in [1.807, 2.05) is 24.5 Å². The molecule has 31 heavy (non-hydrogen) atoms. The van der Waals surface area contributed by atoms with Gasteiger partial charge in [-0.05, 0) is 54.5 Å². The van der Waals surface area contributed by atoms with Crippen LogP contribution in [-0.4, -0.2) is 16.6 Å². The summed E-state index contributed by atoms with van der Waals surface area (Å²) in [6.45, 7) is -0.561. The summed E-state index contributed by atoms with van der Waals surface area (Å²) in [4.78, 5) is 9.08. The lowest BCUT2D eigenvalue weighted by atomic mass is 10.0. The zero-order chi connectivity index (χ0) is 21.9. The van der Waals surface area contributed by atoms with Gasteiger partial charge in [-0.3, -0.25) is 0 Å². The summed E-state index contributed by atoms with van der Waals surface area (Å²) in [6, 6.07) is 15.1. The molecule has 0 bridgehead atoms. The Kier molecular flexibility index (Phi) is 8.95. The van der Waals surface area contributed by atoms with Crippen LogP contribution in [-0.2, 0) is 19.3 Å². The van der Waals surface area contributed by atoms with E-state index in [4.69, 9.17) is 0 Å². The van der Waals surface area contributed by atoms with Crippen LogP contribution in [0, 0.1) is 0 Å². The summed E-state index contributed by atoms with van der Waals surface area (Å²) in [7, 11) is 0. The number of ether oxygens (including phenoxy) is 1. The number of nitrogens with zero attached hydrogens (tertiary/aromatic N) is 2. The van der Waals surface area contributed by atoms with Crippen LogP contribution in [0.15, 0.2) is 60.9 Å². The number of benzene rings is 2. The Morgan fingerprint density at radius 3 is 1.87 bits per heavy atom. The van der Waals surface area contributed by atoms with E-state index in [0.29, 0.717) is 0 Å². The van der Waals surface area contributed by atoms with Crippen molar-refractivity contribution in [3.8, 4) is 17.1 Å². The van der Waals surface area contributed by atoms with Crippen molar-refractivity contribution in [2.24, 2.45) is 0 Å². The van der Waals surface area contributed by atoms with Crippen LogP contribution in [0.4, 0.5) is 8.78 Å². The highest BCUT2D eigenvalue weighted by Crippen LogP contribution is 2.19. The monoisotopic (exact) mass is 424 g/mol. The van der Waals surface area contributed by atoms with Gasteiger partial charge in [-0.15, -0.1) is 0 Å². The third-order valence-electron chi connectivity index (χ3n) is 5.34. The molecular weight excluding hydrogens is 394 g/mol. The van der Waals surface area contributed by atoms with E-state index in [2.05, 4.69) is 45.9 Å². The molecule has 5 heteroatoms. The number of hydrogen-bond acceptors (Lipinski definition) is 3. The van der Waals surface area contributed by atoms with Crippen molar-refractivity contribution in [3.63, 3.8) is 0 Å². The minimum Gasteiger partial charge on any atom is -0.435 e. The Bertz CT molecular complexity index is 894. The molecule has 0 atom stereocenters. The number of rotatable bonds is 12. The third-order valence-corrected chi connectivity index (χ3v) is 5.34. The van der Waals surface area contributed by atoms with Gasteiger partial charge in [0.1, 0.15) is 5.75 Å². The van der Waals surface area contributed by atoms with Gasteiger partial charge < -0.3 is 4.74 Å². The molecule has 2 aromatic carbocycles. The van der Waals surface area contributed by atoms with Gasteiger partial charge in [-0.1, -0.05) is 69.0 Å². The molecule has 0 fully saturated rings. The molecule has 164 valence electrons. The average Bonchev–Trinajstić information content (AvgIpc) is 2.79. The molecular formula is C26H30F2N2O. The second-order valence-electron chi connectivity index (χ2n) is 7.80. The first kappa shape index (κ1) is 22.9. The van der Waals surface area contributed by atoms with Crippen molar-refractivity contribution in [1.29, 1.82) is 0 Å². The molecule has 0 N–H and O–H groups in total. The van der Waals surface area contributed by atoms with Gasteiger partial charge in [0.15, 0.2) is 5.82 Å². The van der Waals surface area contributed by atoms with E-state index in [9.17, 15) is 8.78 Å². The third kappa shape index (κ3) is 7.74. The van der Waals surface area contributed by atoms with E-state index >= 15 is 0 Å². The fourth-order valence-electron chi connectivity index (χ4n) is 3.51. The van der Waals surface area contributed by atoms with Crippen molar-refractivity contribution >= 4 is 0 Å². The van der Waals surface area contributed by atoms with E-state index in [1.165, 1.54) is 43.2 Å². The van der Waals surface area contributed by atoms with Crippen molar-refractivity contribution in [2.45, 2.75) is 64.9 Å². The molecule has 0 spiro atoms. The van der Waals surface area contributed by atoms with Crippen LogP contribution < -0.4 is 4.74 Å². The topological polar surface area (TPSA) is 35.0 Å². The largest absolute Gasteiger partial charge is 0.435 e. The number of unbranched alkanes of at least 4 members (excludes halogenated alkanes) is 4. The Balaban J connectivity index is 1.48. The van der Waals surface area contributed by atoms with Gasteiger partial charge in [-0.25, -0.2) is 9.97 Å². The SMILES string of the molecule is CCCCCCCc1cnc(-c2ccc(CCc3ccc(OC(F)F)cc3)cc2)nc1. The number of aryl methyl sites for hydroxylation is 3. The van der Waals surface area contributed by atoms with Crippen LogP contribution in [0.25, 0.3) is 11.4 Å². The molecule has 3 rings (SSSR count). The summed E-state index contributed by atoms with van der Waals surface area (Å²) in [5, 5.41) is 0. The first-order valence-corrected chi connectivity index (χ1v) is 11.1. The molecule has 0 aliphatic carbocycles. The molecule has 1 heterocycles. The van der Waals surface area contributed by atoms with Crippen molar-refractivity contribution < 1.29 is 13.5 Å². The molecule has 0 aliphatic heterocycles. The smallest absolute Gasteiger partial charge is 0.387 e. The fraction of sp³-hybridized carbons (Fsp3) is 0.385. The molecule has 3 aromatic rings. The number of halogens is 2. The van der Waals surface area contributed by atoms with E-state index in [0.717, 1.165) is 36.2 Å². The molecule has 0 amide bonds. The number of alkyl halides is 2. The zero-order valence-electron chi connectivity index (χ0n) is 18.1. The van der Waals surface area contributed by atoms with E-state index in [-0.39, 0.29) is 5.75 Å². The summed E-state index contributed by atoms with van der Waals surface area (Å²) >= 11 is 0. The van der Waals surface area contributed by atoms with E-state index < -0.39 is 6.61 Å². The van der Waals surface area contributed by atoms with Gasteiger partial charge in [0.05, 0.1) is 0 Å². The minimum absolute atomic E-state index is 0.186. The lowest BCUT2D eigenvalue weighted by molar-refractivity contribution is -0.0498. The lowest BCUT2D eigenvalue weighted by Crippen LogP contribution is -2.01. The highest BCUT2D eigenvalue weighted by molar-refractivity contribution is 5.55. The Labute approximate surface area is 183 Å². The molecule has 0 radical (unpaired) electrons. The average molecular weight is 425 g/mol. The Hall–Kier alpha value is -2.82. The van der Waals surface area contributed by atoms with Crippen molar-refractivity contribution in [2.75, 3.05) is 0 Å². The highest BCUT2D eigenvalue weighted by Gasteiger charge is 2.05. The fourth-order valence-corrected chi connectivity index (χ4v) is 3.51. The maximum atomic E-state index is 12.2. The van der Waals surface area contributed by atoms with Gasteiger partial charge >= 0.3 is 6.61 Å². The normalized spacial score (nSPS) is 11.1. The van der Waals surface area contributed by atoms with Gasteiger partial charge in [-0.2, -0.15) is 8.78 Å². The predicted octanol–water partition coefficient (Wildman–Crippen LogP) is 7.04. The van der Waals surface area contributed by atoms with E-state index in [1.54, 1.807) is 12.1 Å². The Morgan fingerprint density at radius 1 is 0.710 bits per heavy atom. The summed E-state index contributed by atoms with van der Waals surface area (Å²) in [5.41, 5.74) is 4.49. The second kappa shape index (κ2) is 12.1. The molecule has 3 nitrogen and oxygen atoms in total. The number of aromatic nitrogens is 2. The summed E-state index contributed by atoms with van der Waals surface area (Å²) < 4.78 is 28.8. The minimum atomic E-state index is -2.79. The number of hydrogen-bond donors (Lipinski definition) is 0. The quantitative estimate of drug-likeness (QED) is 0.292. The van der Waals surface area contributed by atoms with Crippen LogP contribution in [0.5, 0.6) is 5.75 Å². The first-order chi connectivity index (χ1) is 15.1. The lowest BCUT2D eigenvalue weighted by Gasteiger charge is -2.07. The van der Waals surface area contributed by atoms with Gasteiger partial charge in [0.25, 0.3) is 0 Å². The molecule has 0 unspecified atom stereocenters. The molecule has 1 aromatic heterocycles. The predicted molar refractivity (Wildman–Crippen MR) is 120 cm³/mol. The zero-order valence-corrected chi connectivity index (χ0v) is 18.1. The van der Waals surface area contributed by atoms with Crippen LogP contribution in [0.2, 0.25) is 0 Å². The van der Waals surface area contributed by atoms with Crippen LogP contribution >= 0.6 is 0 Å². The highest BCUT2D eigenvalue weighted by atomic mass is 19.3. The molecule has 0 saturated carbocycles. The maximum absolute atomic E-state index is 12.2. The maximum Gasteiger partial charge on any atom is 0.387 e. The summed E-state index contributed by atoms with van der Waals surface area (Å²) in [6.07, 6.45) is 13.0. The second-order valence-corrected chi connectivity index (χ2v) is 7.80. The summed E-state index contributed by atoms with van der Waals surface area (Å²) in [5.74, 6) is 0.932. The van der Waals surface area contributed by atoms with Crippen molar-refractivity contribution in [3.05, 3.63) is 77.6 Å². The van der Waals surface area contributed by atoms with Gasteiger partial charge in [0.2, 0.25) is 0 Å².